The molecule has 3 atom stereocenters. The first-order chi connectivity index (χ1) is 12.6. The van der Waals surface area contributed by atoms with Crippen LogP contribution < -0.4 is 5.32 Å². The van der Waals surface area contributed by atoms with Gasteiger partial charge in [0.1, 0.15) is 6.17 Å². The van der Waals surface area contributed by atoms with E-state index in [9.17, 15) is 14.0 Å². The molecule has 1 unspecified atom stereocenters. The molecule has 2 fully saturated rings. The van der Waals surface area contributed by atoms with Gasteiger partial charge in [-0.2, -0.15) is 0 Å². The summed E-state index contributed by atoms with van der Waals surface area (Å²) in [6, 6.07) is 9.36. The van der Waals surface area contributed by atoms with E-state index in [1.54, 1.807) is 23.2 Å². The van der Waals surface area contributed by atoms with Crippen LogP contribution in [0, 0.1) is 5.92 Å². The first-order valence-corrected chi connectivity index (χ1v) is 9.20. The topological polar surface area (TPSA) is 62.3 Å². The van der Waals surface area contributed by atoms with Crippen molar-refractivity contribution in [3.63, 3.8) is 0 Å². The Balaban J connectivity index is 1.37. The molecule has 0 spiro atoms. The number of amides is 2. The molecule has 2 amide bonds. The van der Waals surface area contributed by atoms with Gasteiger partial charge in [-0.05, 0) is 43.9 Å². The summed E-state index contributed by atoms with van der Waals surface area (Å²) in [5.41, 5.74) is 1.38. The second-order valence-electron chi connectivity index (χ2n) is 7.20. The molecule has 1 aromatic carbocycles. The Morgan fingerprint density at radius 2 is 2.04 bits per heavy atom. The summed E-state index contributed by atoms with van der Waals surface area (Å²) in [6.07, 6.45) is 3.47. The van der Waals surface area contributed by atoms with Gasteiger partial charge in [0.25, 0.3) is 5.91 Å². The third kappa shape index (κ3) is 3.54. The third-order valence-corrected chi connectivity index (χ3v) is 5.27. The van der Waals surface area contributed by atoms with Crippen LogP contribution in [0.3, 0.4) is 0 Å². The highest BCUT2D eigenvalue weighted by molar-refractivity contribution is 5.97. The Morgan fingerprint density at radius 1 is 1.19 bits per heavy atom. The summed E-state index contributed by atoms with van der Waals surface area (Å²) in [4.78, 5) is 30.8. The van der Waals surface area contributed by atoms with Crippen molar-refractivity contribution in [1.82, 2.24) is 15.2 Å². The Hall–Kier alpha value is -2.50. The van der Waals surface area contributed by atoms with Crippen molar-refractivity contribution in [2.75, 3.05) is 13.1 Å². The normalized spacial score (nSPS) is 25.6. The number of halogens is 1. The molecule has 0 bridgehead atoms. The van der Waals surface area contributed by atoms with E-state index >= 15 is 0 Å². The first-order valence-electron chi connectivity index (χ1n) is 9.20. The summed E-state index contributed by atoms with van der Waals surface area (Å²) in [5, 5.41) is 4.07. The van der Waals surface area contributed by atoms with Gasteiger partial charge in [0.15, 0.2) is 0 Å². The lowest BCUT2D eigenvalue weighted by Gasteiger charge is -2.20. The van der Waals surface area contributed by atoms with Crippen LogP contribution in [0.1, 0.15) is 36.0 Å². The number of hydrogen-bond donors (Lipinski definition) is 1. The van der Waals surface area contributed by atoms with Crippen molar-refractivity contribution in [2.24, 2.45) is 5.92 Å². The highest BCUT2D eigenvalue weighted by Gasteiger charge is 2.45. The Bertz CT molecular complexity index is 841. The molecule has 26 heavy (non-hydrogen) atoms. The molecule has 2 aromatic rings. The van der Waals surface area contributed by atoms with Crippen molar-refractivity contribution in [3.05, 3.63) is 42.1 Å². The molecule has 2 heterocycles. The summed E-state index contributed by atoms with van der Waals surface area (Å²) < 4.78 is 13.1. The van der Waals surface area contributed by atoms with Crippen LogP contribution in [0.15, 0.2) is 36.5 Å². The first kappa shape index (κ1) is 16.9. The molecular weight excluding hydrogens is 333 g/mol. The van der Waals surface area contributed by atoms with E-state index in [0.29, 0.717) is 31.5 Å². The number of nitrogens with zero attached hydrogens (tertiary/aromatic N) is 2. The van der Waals surface area contributed by atoms with Crippen LogP contribution in [-0.2, 0) is 4.79 Å². The number of fused-ring (bicyclic) bond motifs is 1. The number of benzene rings is 1. The summed E-state index contributed by atoms with van der Waals surface area (Å²) in [5.74, 6) is -0.607. The zero-order chi connectivity index (χ0) is 18.1. The average molecular weight is 355 g/mol. The number of carbonyl (C=O) groups excluding carboxylic acids is 2. The van der Waals surface area contributed by atoms with Crippen molar-refractivity contribution < 1.29 is 14.0 Å². The van der Waals surface area contributed by atoms with Gasteiger partial charge in [-0.3, -0.25) is 14.6 Å². The Morgan fingerprint density at radius 3 is 2.85 bits per heavy atom. The number of nitrogens with one attached hydrogen (secondary N) is 1. The van der Waals surface area contributed by atoms with Gasteiger partial charge in [0.2, 0.25) is 5.91 Å². The van der Waals surface area contributed by atoms with Gasteiger partial charge in [0.05, 0.1) is 11.4 Å². The second-order valence-corrected chi connectivity index (χ2v) is 7.20. The minimum Gasteiger partial charge on any atom is -0.349 e. The van der Waals surface area contributed by atoms with Crippen LogP contribution in [-0.4, -0.2) is 47.0 Å². The van der Waals surface area contributed by atoms with Crippen LogP contribution in [0.4, 0.5) is 4.39 Å². The van der Waals surface area contributed by atoms with Crippen LogP contribution >= 0.6 is 0 Å². The molecule has 4 rings (SSSR count). The number of aromatic nitrogens is 1. The summed E-state index contributed by atoms with van der Waals surface area (Å²) >= 11 is 0. The predicted octanol–water partition coefficient (Wildman–Crippen LogP) is 2.70. The molecule has 5 nitrogen and oxygen atoms in total. The van der Waals surface area contributed by atoms with Crippen molar-refractivity contribution in [2.45, 2.75) is 37.9 Å². The Kier molecular flexibility index (Phi) is 4.57. The lowest BCUT2D eigenvalue weighted by molar-refractivity contribution is -0.132. The van der Waals surface area contributed by atoms with Crippen LogP contribution in [0.25, 0.3) is 10.9 Å². The molecule has 1 aromatic heterocycles. The van der Waals surface area contributed by atoms with E-state index in [1.807, 2.05) is 18.2 Å². The maximum Gasteiger partial charge on any atom is 0.251 e. The molecule has 1 aliphatic carbocycles. The highest BCUT2D eigenvalue weighted by Crippen LogP contribution is 2.35. The summed E-state index contributed by atoms with van der Waals surface area (Å²) in [7, 11) is 0. The predicted molar refractivity (Wildman–Crippen MR) is 96.4 cm³/mol. The Labute approximate surface area is 151 Å². The molecule has 0 radical (unpaired) electrons. The van der Waals surface area contributed by atoms with Gasteiger partial charge >= 0.3 is 0 Å². The van der Waals surface area contributed by atoms with Gasteiger partial charge in [-0.15, -0.1) is 0 Å². The smallest absolute Gasteiger partial charge is 0.251 e. The molecule has 1 saturated heterocycles. The number of rotatable bonds is 3. The number of carbonyl (C=O) groups is 2. The maximum atomic E-state index is 13.1. The monoisotopic (exact) mass is 355 g/mol. The minimum absolute atomic E-state index is 0.0279. The number of hydrogen-bond acceptors (Lipinski definition) is 3. The maximum absolute atomic E-state index is 13.1. The van der Waals surface area contributed by atoms with Crippen molar-refractivity contribution in [1.29, 1.82) is 0 Å². The van der Waals surface area contributed by atoms with Gasteiger partial charge < -0.3 is 10.2 Å². The van der Waals surface area contributed by atoms with E-state index in [0.717, 1.165) is 23.7 Å². The summed E-state index contributed by atoms with van der Waals surface area (Å²) in [6.45, 7) is 1.22. The van der Waals surface area contributed by atoms with Gasteiger partial charge in [-0.1, -0.05) is 12.1 Å². The van der Waals surface area contributed by atoms with Crippen LogP contribution in [0.2, 0.25) is 0 Å². The fourth-order valence-electron chi connectivity index (χ4n) is 3.59. The average Bonchev–Trinajstić information content (AvgIpc) is 3.43. The fraction of sp³-hybridized carbons (Fsp3) is 0.450. The lowest BCUT2D eigenvalue weighted by Crippen LogP contribution is -2.37. The molecule has 1 aliphatic heterocycles. The molecular formula is C20H22FN3O2. The molecule has 1 N–H and O–H groups in total. The van der Waals surface area contributed by atoms with E-state index < -0.39 is 12.1 Å². The molecule has 2 aliphatic rings. The van der Waals surface area contributed by atoms with Gasteiger partial charge in [-0.25, -0.2) is 4.39 Å². The lowest BCUT2D eigenvalue weighted by atomic mass is 10.1. The van der Waals surface area contributed by atoms with E-state index in [2.05, 4.69) is 10.3 Å². The standard InChI is InChI=1S/C20H22FN3O2/c21-17-12-16(17)20(26)24-9-2-4-15(7-10-24)23-19(25)14-6-5-13-3-1-8-22-18(13)11-14/h1,3,5-6,8,11,15-17H,2,4,7,9-10,12H2,(H,23,25)/t15?,16-,17+/m1/s1. The van der Waals surface area contributed by atoms with Crippen LogP contribution in [0.5, 0.6) is 0 Å². The SMILES string of the molecule is O=C(NC1CCCN(C(=O)[C@@H]2C[C@@H]2F)CC1)c1ccc2cccnc2c1. The van der Waals surface area contributed by atoms with Crippen molar-refractivity contribution >= 4 is 22.7 Å². The number of pyridine rings is 1. The molecule has 1 saturated carbocycles. The largest absolute Gasteiger partial charge is 0.349 e. The van der Waals surface area contributed by atoms with Gasteiger partial charge in [0, 0.05) is 36.3 Å². The highest BCUT2D eigenvalue weighted by atomic mass is 19.1. The zero-order valence-corrected chi connectivity index (χ0v) is 14.5. The third-order valence-electron chi connectivity index (χ3n) is 5.27. The quantitative estimate of drug-likeness (QED) is 0.921. The van der Waals surface area contributed by atoms with E-state index in [4.69, 9.17) is 0 Å². The van der Waals surface area contributed by atoms with E-state index in [1.165, 1.54) is 0 Å². The second kappa shape index (κ2) is 7.02. The minimum atomic E-state index is -0.956. The number of alkyl halides is 1. The van der Waals surface area contributed by atoms with Crippen molar-refractivity contribution in [3.8, 4) is 0 Å². The van der Waals surface area contributed by atoms with E-state index in [-0.39, 0.29) is 17.9 Å². The zero-order valence-electron chi connectivity index (χ0n) is 14.5. The fourth-order valence-corrected chi connectivity index (χ4v) is 3.59. The molecule has 136 valence electrons. The molecule has 6 heteroatoms. The number of likely N-dealkylation sites (tertiary alicyclic amines) is 1.